The summed E-state index contributed by atoms with van der Waals surface area (Å²) >= 11 is 0. The van der Waals surface area contributed by atoms with Gasteiger partial charge in [-0.1, -0.05) is 0 Å². The number of hydrogen-bond acceptors (Lipinski definition) is 4. The predicted molar refractivity (Wildman–Crippen MR) is 66.3 cm³/mol. The van der Waals surface area contributed by atoms with E-state index < -0.39 is 0 Å². The molecule has 0 aromatic carbocycles. The molecule has 0 saturated carbocycles. The molecule has 1 aromatic rings. The topological polar surface area (TPSA) is 45.6 Å². The largest absolute Gasteiger partial charge is 0.468 e. The van der Waals surface area contributed by atoms with Gasteiger partial charge in [-0.15, -0.1) is 0 Å². The highest BCUT2D eigenvalue weighted by molar-refractivity contribution is 5.07. The van der Waals surface area contributed by atoms with Crippen LogP contribution in [-0.2, 0) is 0 Å². The Labute approximate surface area is 98.0 Å². The van der Waals surface area contributed by atoms with Crippen LogP contribution in [-0.4, -0.2) is 50.1 Å². The second-order valence-corrected chi connectivity index (χ2v) is 4.60. The van der Waals surface area contributed by atoms with Gasteiger partial charge in [-0.3, -0.25) is 4.90 Å². The summed E-state index contributed by atoms with van der Waals surface area (Å²) in [6.07, 6.45) is 1.70. The van der Waals surface area contributed by atoms with Crippen LogP contribution in [0.15, 0.2) is 22.8 Å². The van der Waals surface area contributed by atoms with Crippen LogP contribution in [0.25, 0.3) is 0 Å². The molecule has 1 aromatic heterocycles. The maximum absolute atomic E-state index is 6.02. The highest BCUT2D eigenvalue weighted by Gasteiger charge is 2.23. The Hall–Kier alpha value is -0.840. The van der Waals surface area contributed by atoms with Crippen LogP contribution >= 0.6 is 0 Å². The third-order valence-corrected chi connectivity index (χ3v) is 2.71. The second kappa shape index (κ2) is 6.03. The van der Waals surface area contributed by atoms with E-state index in [1.165, 1.54) is 0 Å². The van der Waals surface area contributed by atoms with E-state index in [-0.39, 0.29) is 12.1 Å². The van der Waals surface area contributed by atoms with Crippen LogP contribution in [0.1, 0.15) is 18.7 Å². The van der Waals surface area contributed by atoms with Gasteiger partial charge < -0.3 is 15.1 Å². The predicted octanol–water partition coefficient (Wildman–Crippen LogP) is 1.16. The van der Waals surface area contributed by atoms with E-state index >= 15 is 0 Å². The number of nitrogens with zero attached hydrogens (tertiary/aromatic N) is 2. The highest BCUT2D eigenvalue weighted by atomic mass is 16.3. The van der Waals surface area contributed by atoms with Crippen molar-refractivity contribution in [1.82, 2.24) is 9.80 Å². The van der Waals surface area contributed by atoms with Crippen LogP contribution in [0.5, 0.6) is 0 Å². The van der Waals surface area contributed by atoms with Gasteiger partial charge in [0.25, 0.3) is 0 Å². The summed E-state index contributed by atoms with van der Waals surface area (Å²) in [5.74, 6) is 0.941. The fourth-order valence-corrected chi connectivity index (χ4v) is 1.83. The van der Waals surface area contributed by atoms with Gasteiger partial charge in [0.1, 0.15) is 5.76 Å². The molecule has 0 saturated heterocycles. The van der Waals surface area contributed by atoms with Gasteiger partial charge in [0.15, 0.2) is 0 Å². The molecule has 2 atom stereocenters. The Bertz CT molecular complexity index is 282. The monoisotopic (exact) mass is 225 g/mol. The van der Waals surface area contributed by atoms with Gasteiger partial charge >= 0.3 is 0 Å². The van der Waals surface area contributed by atoms with Crippen LogP contribution < -0.4 is 5.73 Å². The first-order valence-electron chi connectivity index (χ1n) is 5.66. The zero-order valence-electron chi connectivity index (χ0n) is 10.7. The maximum atomic E-state index is 6.02. The first kappa shape index (κ1) is 13.2. The minimum atomic E-state index is 0.0540. The molecule has 0 aliphatic carbocycles. The highest BCUT2D eigenvalue weighted by Crippen LogP contribution is 2.22. The third kappa shape index (κ3) is 3.63. The first-order chi connectivity index (χ1) is 7.52. The molecule has 1 rings (SSSR count). The zero-order valence-corrected chi connectivity index (χ0v) is 10.7. The fraction of sp³-hybridized carbons (Fsp3) is 0.667. The van der Waals surface area contributed by atoms with Crippen molar-refractivity contribution in [3.05, 3.63) is 24.2 Å². The summed E-state index contributed by atoms with van der Waals surface area (Å²) in [6, 6.07) is 4.10. The van der Waals surface area contributed by atoms with Crippen molar-refractivity contribution in [2.24, 2.45) is 5.73 Å². The molecule has 0 bridgehead atoms. The summed E-state index contributed by atoms with van der Waals surface area (Å²) in [4.78, 5) is 4.40. The number of hydrogen-bond donors (Lipinski definition) is 1. The van der Waals surface area contributed by atoms with Crippen molar-refractivity contribution in [1.29, 1.82) is 0 Å². The zero-order chi connectivity index (χ0) is 12.1. The minimum absolute atomic E-state index is 0.0540. The van der Waals surface area contributed by atoms with Crippen molar-refractivity contribution >= 4 is 0 Å². The van der Waals surface area contributed by atoms with Gasteiger partial charge in [0.2, 0.25) is 0 Å². The van der Waals surface area contributed by atoms with Crippen molar-refractivity contribution in [3.63, 3.8) is 0 Å². The Balaban J connectivity index is 2.64. The lowest BCUT2D eigenvalue weighted by atomic mass is 10.1. The average Bonchev–Trinajstić information content (AvgIpc) is 2.67. The van der Waals surface area contributed by atoms with Crippen LogP contribution in [0.2, 0.25) is 0 Å². The Morgan fingerprint density at radius 2 is 2.00 bits per heavy atom. The van der Waals surface area contributed by atoms with Crippen molar-refractivity contribution < 1.29 is 4.42 Å². The van der Waals surface area contributed by atoms with E-state index in [9.17, 15) is 0 Å². The Kier molecular flexibility index (Phi) is 4.99. The molecular weight excluding hydrogens is 202 g/mol. The molecule has 0 radical (unpaired) electrons. The smallest absolute Gasteiger partial charge is 0.122 e. The Morgan fingerprint density at radius 3 is 2.44 bits per heavy atom. The SMILES string of the molecule is CC(N)C(c1ccco1)N(C)CCN(C)C. The average molecular weight is 225 g/mol. The molecule has 92 valence electrons. The van der Waals surface area contributed by atoms with Gasteiger partial charge in [-0.2, -0.15) is 0 Å². The molecule has 1 heterocycles. The van der Waals surface area contributed by atoms with E-state index in [0.29, 0.717) is 0 Å². The lowest BCUT2D eigenvalue weighted by Gasteiger charge is -2.30. The number of rotatable bonds is 6. The van der Waals surface area contributed by atoms with E-state index in [1.807, 2.05) is 19.1 Å². The van der Waals surface area contributed by atoms with Crippen molar-refractivity contribution in [2.45, 2.75) is 19.0 Å². The van der Waals surface area contributed by atoms with Crippen LogP contribution in [0.3, 0.4) is 0 Å². The first-order valence-corrected chi connectivity index (χ1v) is 5.66. The second-order valence-electron chi connectivity index (χ2n) is 4.60. The van der Waals surface area contributed by atoms with Crippen molar-refractivity contribution in [2.75, 3.05) is 34.2 Å². The summed E-state index contributed by atoms with van der Waals surface area (Å²) < 4.78 is 5.45. The van der Waals surface area contributed by atoms with Gasteiger partial charge in [0.05, 0.1) is 12.3 Å². The number of nitrogens with two attached hydrogens (primary N) is 1. The fourth-order valence-electron chi connectivity index (χ4n) is 1.83. The number of furan rings is 1. The lowest BCUT2D eigenvalue weighted by molar-refractivity contribution is 0.176. The van der Waals surface area contributed by atoms with E-state index in [1.54, 1.807) is 6.26 Å². The summed E-state index contributed by atoms with van der Waals surface area (Å²) in [7, 11) is 6.23. The maximum Gasteiger partial charge on any atom is 0.122 e. The summed E-state index contributed by atoms with van der Waals surface area (Å²) in [5, 5.41) is 0. The quantitative estimate of drug-likeness (QED) is 0.789. The minimum Gasteiger partial charge on any atom is -0.468 e. The van der Waals surface area contributed by atoms with Gasteiger partial charge in [-0.25, -0.2) is 0 Å². The summed E-state index contributed by atoms with van der Waals surface area (Å²) in [5.41, 5.74) is 6.02. The standard InChI is InChI=1S/C12H23N3O/c1-10(13)12(11-6-5-9-16-11)15(4)8-7-14(2)3/h5-6,9-10,12H,7-8,13H2,1-4H3. The molecule has 16 heavy (non-hydrogen) atoms. The van der Waals surface area contributed by atoms with E-state index in [4.69, 9.17) is 10.2 Å². The van der Waals surface area contributed by atoms with Crippen molar-refractivity contribution in [3.8, 4) is 0 Å². The van der Waals surface area contributed by atoms with E-state index in [0.717, 1.165) is 18.8 Å². The van der Waals surface area contributed by atoms with Crippen LogP contribution in [0.4, 0.5) is 0 Å². The molecular formula is C12H23N3O. The number of likely N-dealkylation sites (N-methyl/N-ethyl adjacent to an activating group) is 2. The van der Waals surface area contributed by atoms with Crippen LogP contribution in [0, 0.1) is 0 Å². The Morgan fingerprint density at radius 1 is 1.31 bits per heavy atom. The third-order valence-electron chi connectivity index (χ3n) is 2.71. The van der Waals surface area contributed by atoms with E-state index in [2.05, 4.69) is 30.9 Å². The van der Waals surface area contributed by atoms with Gasteiger partial charge in [0, 0.05) is 19.1 Å². The molecule has 0 aliphatic heterocycles. The normalized spacial score (nSPS) is 15.7. The molecule has 0 spiro atoms. The van der Waals surface area contributed by atoms with Gasteiger partial charge in [-0.05, 0) is 40.2 Å². The molecule has 4 heteroatoms. The lowest BCUT2D eigenvalue weighted by Crippen LogP contribution is -2.40. The molecule has 0 amide bonds. The molecule has 2 unspecified atom stereocenters. The molecule has 4 nitrogen and oxygen atoms in total. The molecule has 2 N–H and O–H groups in total. The molecule has 0 fully saturated rings. The summed E-state index contributed by atoms with van der Waals surface area (Å²) in [6.45, 7) is 4.00. The molecule has 0 aliphatic rings.